The minimum absolute atomic E-state index is 0.0266. The number of nitrogens with zero attached hydrogens (tertiary/aromatic N) is 3. The molecule has 2 atom stereocenters. The number of thiophene rings is 1. The van der Waals surface area contributed by atoms with Crippen LogP contribution in [0.15, 0.2) is 36.5 Å². The molecule has 138 valence electrons. The van der Waals surface area contributed by atoms with E-state index in [1.807, 2.05) is 34.4 Å². The van der Waals surface area contributed by atoms with E-state index in [1.165, 1.54) is 9.75 Å². The molecule has 0 spiro atoms. The van der Waals surface area contributed by atoms with Crippen molar-refractivity contribution in [1.82, 2.24) is 14.8 Å². The Morgan fingerprint density at radius 1 is 1.19 bits per heavy atom. The smallest absolute Gasteiger partial charge is 0.410 e. The standard InChI is InChI=1S/C20H25N3O2S/c1-14(2)9-16-6-7-17(26-16)11-22-12-18-19(13-22)25-20(24)23(18)10-15-5-3-4-8-21-15/h3-8,14,18-19H,9-13H2,1-2H3/t18-,19+/m0/s1. The highest BCUT2D eigenvalue weighted by Crippen LogP contribution is 2.30. The summed E-state index contributed by atoms with van der Waals surface area (Å²) < 4.78 is 5.62. The van der Waals surface area contributed by atoms with Crippen LogP contribution in [-0.4, -0.2) is 46.1 Å². The van der Waals surface area contributed by atoms with E-state index >= 15 is 0 Å². The molecule has 4 rings (SSSR count). The zero-order chi connectivity index (χ0) is 18.1. The van der Waals surface area contributed by atoms with E-state index in [2.05, 4.69) is 35.9 Å². The van der Waals surface area contributed by atoms with Crippen LogP contribution >= 0.6 is 11.3 Å². The molecule has 2 aromatic heterocycles. The molecule has 2 saturated heterocycles. The lowest BCUT2D eigenvalue weighted by Crippen LogP contribution is -2.37. The molecule has 2 aliphatic heterocycles. The summed E-state index contributed by atoms with van der Waals surface area (Å²) in [5.41, 5.74) is 0.903. The van der Waals surface area contributed by atoms with Gasteiger partial charge in [-0.2, -0.15) is 0 Å². The molecule has 2 aliphatic rings. The molecular formula is C20H25N3O2S. The molecule has 1 amide bonds. The SMILES string of the molecule is CC(C)Cc1ccc(CN2C[C@H]3OC(=O)N(Cc4ccccn4)[C@H]3C2)s1. The number of ether oxygens (including phenoxy) is 1. The Balaban J connectivity index is 1.38. The van der Waals surface area contributed by atoms with Crippen molar-refractivity contribution in [3.05, 3.63) is 52.0 Å². The Kier molecular flexibility index (Phi) is 4.96. The predicted octanol–water partition coefficient (Wildman–Crippen LogP) is 3.55. The fraction of sp³-hybridized carbons (Fsp3) is 0.500. The number of aromatic nitrogens is 1. The number of hydrogen-bond donors (Lipinski definition) is 0. The number of amides is 1. The Morgan fingerprint density at radius 3 is 2.81 bits per heavy atom. The Labute approximate surface area is 158 Å². The average molecular weight is 372 g/mol. The van der Waals surface area contributed by atoms with Crippen LogP contribution in [0.2, 0.25) is 0 Å². The molecular weight excluding hydrogens is 346 g/mol. The Bertz CT molecular complexity index is 761. The minimum Gasteiger partial charge on any atom is -0.442 e. The summed E-state index contributed by atoms with van der Waals surface area (Å²) in [7, 11) is 0. The first-order valence-corrected chi connectivity index (χ1v) is 10.1. The van der Waals surface area contributed by atoms with Crippen molar-refractivity contribution in [3.63, 3.8) is 0 Å². The number of carbonyl (C=O) groups is 1. The number of pyridine rings is 1. The van der Waals surface area contributed by atoms with Crippen LogP contribution in [0.5, 0.6) is 0 Å². The highest BCUT2D eigenvalue weighted by atomic mass is 32.1. The maximum absolute atomic E-state index is 12.2. The van der Waals surface area contributed by atoms with Gasteiger partial charge in [0.25, 0.3) is 0 Å². The first kappa shape index (κ1) is 17.5. The Morgan fingerprint density at radius 2 is 2.04 bits per heavy atom. The van der Waals surface area contributed by atoms with Gasteiger partial charge in [0.1, 0.15) is 6.10 Å². The van der Waals surface area contributed by atoms with Crippen molar-refractivity contribution in [2.75, 3.05) is 13.1 Å². The maximum atomic E-state index is 12.2. The lowest BCUT2D eigenvalue weighted by Gasteiger charge is -2.21. The van der Waals surface area contributed by atoms with Gasteiger partial charge >= 0.3 is 6.09 Å². The third-order valence-electron chi connectivity index (χ3n) is 4.96. The van der Waals surface area contributed by atoms with Gasteiger partial charge in [-0.3, -0.25) is 14.8 Å². The Hall–Kier alpha value is -1.92. The maximum Gasteiger partial charge on any atom is 0.410 e. The summed E-state index contributed by atoms with van der Waals surface area (Å²) in [4.78, 5) is 23.7. The largest absolute Gasteiger partial charge is 0.442 e. The molecule has 0 bridgehead atoms. The van der Waals surface area contributed by atoms with Gasteiger partial charge in [-0.25, -0.2) is 4.79 Å². The van der Waals surface area contributed by atoms with Gasteiger partial charge in [0.15, 0.2) is 0 Å². The summed E-state index contributed by atoms with van der Waals surface area (Å²) >= 11 is 1.91. The molecule has 26 heavy (non-hydrogen) atoms. The van der Waals surface area contributed by atoms with E-state index in [0.717, 1.165) is 31.7 Å². The van der Waals surface area contributed by atoms with E-state index in [9.17, 15) is 4.79 Å². The number of likely N-dealkylation sites (tertiary alicyclic amines) is 1. The third-order valence-corrected chi connectivity index (χ3v) is 6.06. The molecule has 2 aromatic rings. The molecule has 0 saturated carbocycles. The molecule has 5 nitrogen and oxygen atoms in total. The quantitative estimate of drug-likeness (QED) is 0.779. The minimum atomic E-state index is -0.208. The van der Waals surface area contributed by atoms with Gasteiger partial charge in [0, 0.05) is 35.6 Å². The summed E-state index contributed by atoms with van der Waals surface area (Å²) in [6, 6.07) is 10.4. The van der Waals surface area contributed by atoms with Crippen LogP contribution in [0.25, 0.3) is 0 Å². The lowest BCUT2D eigenvalue weighted by atomic mass is 10.1. The second-order valence-corrected chi connectivity index (χ2v) is 8.85. The summed E-state index contributed by atoms with van der Waals surface area (Å²) in [5, 5.41) is 0. The summed E-state index contributed by atoms with van der Waals surface area (Å²) in [6.07, 6.45) is 2.67. The first-order chi connectivity index (χ1) is 12.6. The van der Waals surface area contributed by atoms with E-state index in [4.69, 9.17) is 4.74 Å². The summed E-state index contributed by atoms with van der Waals surface area (Å²) in [6.45, 7) is 7.64. The molecule has 0 aliphatic carbocycles. The third kappa shape index (κ3) is 3.76. The highest BCUT2D eigenvalue weighted by molar-refractivity contribution is 7.11. The highest BCUT2D eigenvalue weighted by Gasteiger charge is 2.47. The lowest BCUT2D eigenvalue weighted by molar-refractivity contribution is 0.119. The van der Waals surface area contributed by atoms with Crippen molar-refractivity contribution in [3.8, 4) is 0 Å². The van der Waals surface area contributed by atoms with Gasteiger partial charge in [-0.05, 0) is 36.6 Å². The molecule has 0 N–H and O–H groups in total. The van der Waals surface area contributed by atoms with Gasteiger partial charge in [0.2, 0.25) is 0 Å². The predicted molar refractivity (Wildman–Crippen MR) is 102 cm³/mol. The van der Waals surface area contributed by atoms with Crippen LogP contribution in [0.3, 0.4) is 0 Å². The monoisotopic (exact) mass is 371 g/mol. The van der Waals surface area contributed by atoms with Crippen molar-refractivity contribution >= 4 is 17.4 Å². The second kappa shape index (κ2) is 7.37. The van der Waals surface area contributed by atoms with Crippen molar-refractivity contribution < 1.29 is 9.53 Å². The normalized spacial score (nSPS) is 22.9. The molecule has 4 heterocycles. The zero-order valence-electron chi connectivity index (χ0n) is 15.3. The van der Waals surface area contributed by atoms with E-state index < -0.39 is 0 Å². The fourth-order valence-corrected chi connectivity index (χ4v) is 5.07. The van der Waals surface area contributed by atoms with Gasteiger partial charge in [0.05, 0.1) is 18.3 Å². The van der Waals surface area contributed by atoms with Gasteiger partial charge in [-0.15, -0.1) is 11.3 Å². The average Bonchev–Trinajstić information content (AvgIpc) is 3.26. The van der Waals surface area contributed by atoms with Crippen LogP contribution in [0.4, 0.5) is 4.79 Å². The number of rotatable bonds is 6. The second-order valence-electron chi connectivity index (χ2n) is 7.60. The molecule has 6 heteroatoms. The van der Waals surface area contributed by atoms with E-state index in [1.54, 1.807) is 6.20 Å². The molecule has 0 aromatic carbocycles. The van der Waals surface area contributed by atoms with Crippen LogP contribution in [0.1, 0.15) is 29.3 Å². The van der Waals surface area contributed by atoms with Gasteiger partial charge in [-0.1, -0.05) is 19.9 Å². The van der Waals surface area contributed by atoms with Crippen molar-refractivity contribution in [2.24, 2.45) is 5.92 Å². The summed E-state index contributed by atoms with van der Waals surface area (Å²) in [5.74, 6) is 0.687. The topological polar surface area (TPSA) is 45.7 Å². The van der Waals surface area contributed by atoms with Crippen molar-refractivity contribution in [1.29, 1.82) is 0 Å². The van der Waals surface area contributed by atoms with Crippen LogP contribution in [0, 0.1) is 5.92 Å². The molecule has 2 fully saturated rings. The van der Waals surface area contributed by atoms with E-state index in [-0.39, 0.29) is 18.2 Å². The van der Waals surface area contributed by atoms with Crippen molar-refractivity contribution in [2.45, 2.75) is 45.5 Å². The molecule has 0 unspecified atom stereocenters. The fourth-order valence-electron chi connectivity index (χ4n) is 3.80. The number of carbonyl (C=O) groups excluding carboxylic acids is 1. The van der Waals surface area contributed by atoms with Crippen LogP contribution in [-0.2, 0) is 24.2 Å². The zero-order valence-corrected chi connectivity index (χ0v) is 16.1. The number of hydrogen-bond acceptors (Lipinski definition) is 5. The first-order valence-electron chi connectivity index (χ1n) is 9.25. The van der Waals surface area contributed by atoms with E-state index in [0.29, 0.717) is 12.5 Å². The number of fused-ring (bicyclic) bond motifs is 1. The van der Waals surface area contributed by atoms with Gasteiger partial charge < -0.3 is 4.74 Å². The molecule has 0 radical (unpaired) electrons. The van der Waals surface area contributed by atoms with Crippen LogP contribution < -0.4 is 0 Å².